The molecule has 0 aromatic heterocycles. The summed E-state index contributed by atoms with van der Waals surface area (Å²) in [5.74, 6) is -0.148. The molecule has 14 heavy (non-hydrogen) atoms. The first-order valence-corrected chi connectivity index (χ1v) is 5.53. The largest absolute Gasteiger partial charge is 0.464 e. The Labute approximate surface area is 96.0 Å². The van der Waals surface area contributed by atoms with Crippen LogP contribution in [0.5, 0.6) is 0 Å². The van der Waals surface area contributed by atoms with Crippen LogP contribution in [0, 0.1) is 3.57 Å². The van der Waals surface area contributed by atoms with Gasteiger partial charge in [-0.15, -0.1) is 0 Å². The van der Waals surface area contributed by atoms with E-state index in [1.165, 1.54) is 0 Å². The Kier molecular flexibility index (Phi) is 2.90. The maximum Gasteiger partial charge on any atom is 0.328 e. The number of halogens is 1. The Morgan fingerprint density at radius 1 is 1.43 bits per heavy atom. The van der Waals surface area contributed by atoms with Crippen molar-refractivity contribution in [2.24, 2.45) is 0 Å². The van der Waals surface area contributed by atoms with Crippen LogP contribution >= 0.6 is 22.6 Å². The van der Waals surface area contributed by atoms with E-state index >= 15 is 0 Å². The third-order valence-corrected chi connectivity index (χ3v) is 3.08. The van der Waals surface area contributed by atoms with Gasteiger partial charge in [0.05, 0.1) is 6.61 Å². The number of anilines is 1. The normalized spacial score (nSPS) is 20.6. The lowest BCUT2D eigenvalue weighted by molar-refractivity contribution is -0.138. The molecular formula is C10H10INO2. The lowest BCUT2D eigenvalue weighted by Crippen LogP contribution is -2.24. The average Bonchev–Trinajstić information content (AvgIpc) is 2.56. The van der Waals surface area contributed by atoms with Gasteiger partial charge in [0.15, 0.2) is 0 Å². The molecule has 0 bridgehead atoms. The lowest BCUT2D eigenvalue weighted by Gasteiger charge is -2.11. The summed E-state index contributed by atoms with van der Waals surface area (Å²) in [6, 6.07) is 7.72. The number of carbonyl (C=O) groups is 1. The Bertz CT molecular complexity index is 354. The molecule has 2 rings (SSSR count). The zero-order valence-electron chi connectivity index (χ0n) is 7.50. The van der Waals surface area contributed by atoms with Crippen molar-refractivity contribution in [3.63, 3.8) is 0 Å². The number of ether oxygens (including phenoxy) is 1. The van der Waals surface area contributed by atoms with Crippen LogP contribution in [-0.2, 0) is 9.53 Å². The summed E-state index contributed by atoms with van der Waals surface area (Å²) >= 11 is 2.24. The summed E-state index contributed by atoms with van der Waals surface area (Å²) in [5, 5.41) is 3.18. The minimum atomic E-state index is -0.175. The SMILES string of the molecule is O=C1OCCC1Nc1ccccc1I. The molecule has 0 aliphatic carbocycles. The number of esters is 1. The molecule has 1 aromatic carbocycles. The van der Waals surface area contributed by atoms with E-state index in [4.69, 9.17) is 4.74 Å². The number of hydrogen-bond donors (Lipinski definition) is 1. The molecule has 4 heteroatoms. The molecule has 1 saturated heterocycles. The number of hydrogen-bond acceptors (Lipinski definition) is 3. The third-order valence-electron chi connectivity index (χ3n) is 2.14. The minimum absolute atomic E-state index is 0.148. The topological polar surface area (TPSA) is 38.3 Å². The van der Waals surface area contributed by atoms with Gasteiger partial charge in [-0.25, -0.2) is 4.79 Å². The summed E-state index contributed by atoms with van der Waals surface area (Å²) < 4.78 is 5.99. The van der Waals surface area contributed by atoms with Crippen LogP contribution in [0.3, 0.4) is 0 Å². The van der Waals surface area contributed by atoms with Gasteiger partial charge < -0.3 is 10.1 Å². The highest BCUT2D eigenvalue weighted by Crippen LogP contribution is 2.20. The minimum Gasteiger partial charge on any atom is -0.464 e. The van der Waals surface area contributed by atoms with E-state index in [-0.39, 0.29) is 12.0 Å². The van der Waals surface area contributed by atoms with Gasteiger partial charge >= 0.3 is 5.97 Å². The molecule has 1 aliphatic heterocycles. The quantitative estimate of drug-likeness (QED) is 0.671. The summed E-state index contributed by atoms with van der Waals surface area (Å²) in [6.45, 7) is 0.528. The zero-order chi connectivity index (χ0) is 9.97. The number of carbonyl (C=O) groups excluding carboxylic acids is 1. The van der Waals surface area contributed by atoms with Crippen LogP contribution in [0.15, 0.2) is 24.3 Å². The van der Waals surface area contributed by atoms with Gasteiger partial charge in [-0.2, -0.15) is 0 Å². The van der Waals surface area contributed by atoms with Crippen LogP contribution in [-0.4, -0.2) is 18.6 Å². The van der Waals surface area contributed by atoms with Crippen molar-refractivity contribution in [3.05, 3.63) is 27.8 Å². The molecule has 1 fully saturated rings. The standard InChI is InChI=1S/C10H10INO2/c11-7-3-1-2-4-8(7)12-9-5-6-14-10(9)13/h1-4,9,12H,5-6H2. The highest BCUT2D eigenvalue weighted by Gasteiger charge is 2.26. The molecule has 1 unspecified atom stereocenters. The van der Waals surface area contributed by atoms with Gasteiger partial charge in [0.25, 0.3) is 0 Å². The van der Waals surface area contributed by atoms with E-state index < -0.39 is 0 Å². The lowest BCUT2D eigenvalue weighted by atomic mass is 10.2. The van der Waals surface area contributed by atoms with Gasteiger partial charge in [0.2, 0.25) is 0 Å². The average molecular weight is 303 g/mol. The fourth-order valence-corrected chi connectivity index (χ4v) is 1.94. The Balaban J connectivity index is 2.10. The van der Waals surface area contributed by atoms with E-state index in [0.29, 0.717) is 6.61 Å². The number of nitrogens with one attached hydrogen (secondary N) is 1. The van der Waals surface area contributed by atoms with Crippen LogP contribution in [0.1, 0.15) is 6.42 Å². The maximum atomic E-state index is 11.2. The number of para-hydroxylation sites is 1. The molecule has 0 amide bonds. The van der Waals surface area contributed by atoms with E-state index in [1.54, 1.807) is 0 Å². The second-order valence-corrected chi connectivity index (χ2v) is 4.30. The molecule has 0 saturated carbocycles. The zero-order valence-corrected chi connectivity index (χ0v) is 9.65. The van der Waals surface area contributed by atoms with Crippen molar-refractivity contribution in [2.45, 2.75) is 12.5 Å². The van der Waals surface area contributed by atoms with Gasteiger partial charge in [-0.05, 0) is 34.7 Å². The van der Waals surface area contributed by atoms with Gasteiger partial charge in [-0.1, -0.05) is 12.1 Å². The second-order valence-electron chi connectivity index (χ2n) is 3.13. The molecular weight excluding hydrogens is 293 g/mol. The fourth-order valence-electron chi connectivity index (χ4n) is 1.39. The molecule has 74 valence electrons. The number of cyclic esters (lactones) is 1. The van der Waals surface area contributed by atoms with Crippen LogP contribution in [0.2, 0.25) is 0 Å². The molecule has 1 N–H and O–H groups in total. The molecule has 1 aliphatic rings. The molecule has 1 atom stereocenters. The van der Waals surface area contributed by atoms with Gasteiger partial charge in [0.1, 0.15) is 6.04 Å². The van der Waals surface area contributed by atoms with Gasteiger partial charge in [-0.3, -0.25) is 0 Å². The van der Waals surface area contributed by atoms with Crippen molar-refractivity contribution in [1.82, 2.24) is 0 Å². The number of benzene rings is 1. The van der Waals surface area contributed by atoms with Gasteiger partial charge in [0, 0.05) is 15.7 Å². The van der Waals surface area contributed by atoms with Crippen molar-refractivity contribution >= 4 is 34.2 Å². The Morgan fingerprint density at radius 3 is 2.86 bits per heavy atom. The van der Waals surface area contributed by atoms with E-state index in [9.17, 15) is 4.79 Å². The van der Waals surface area contributed by atoms with Crippen molar-refractivity contribution in [3.8, 4) is 0 Å². The van der Waals surface area contributed by atoms with Crippen molar-refractivity contribution in [1.29, 1.82) is 0 Å². The van der Waals surface area contributed by atoms with Crippen molar-refractivity contribution in [2.75, 3.05) is 11.9 Å². The predicted octanol–water partition coefficient (Wildman–Crippen LogP) is 2.02. The first-order valence-electron chi connectivity index (χ1n) is 4.45. The Hall–Kier alpha value is -0.780. The van der Waals surface area contributed by atoms with Crippen LogP contribution in [0.4, 0.5) is 5.69 Å². The summed E-state index contributed by atoms with van der Waals surface area (Å²) in [6.07, 6.45) is 0.754. The molecule has 3 nitrogen and oxygen atoms in total. The first kappa shape index (κ1) is 9.76. The monoisotopic (exact) mass is 303 g/mol. The summed E-state index contributed by atoms with van der Waals surface area (Å²) in [4.78, 5) is 11.2. The van der Waals surface area contributed by atoms with E-state index in [1.807, 2.05) is 24.3 Å². The van der Waals surface area contributed by atoms with E-state index in [2.05, 4.69) is 27.9 Å². The molecule has 1 heterocycles. The second kappa shape index (κ2) is 4.16. The Morgan fingerprint density at radius 2 is 2.21 bits per heavy atom. The smallest absolute Gasteiger partial charge is 0.328 e. The molecule has 1 aromatic rings. The molecule has 0 radical (unpaired) electrons. The predicted molar refractivity (Wildman–Crippen MR) is 62.1 cm³/mol. The fraction of sp³-hybridized carbons (Fsp3) is 0.300. The van der Waals surface area contributed by atoms with Crippen LogP contribution in [0.25, 0.3) is 0 Å². The highest BCUT2D eigenvalue weighted by atomic mass is 127. The van der Waals surface area contributed by atoms with E-state index in [0.717, 1.165) is 15.7 Å². The molecule has 0 spiro atoms. The van der Waals surface area contributed by atoms with Crippen molar-refractivity contribution < 1.29 is 9.53 Å². The highest BCUT2D eigenvalue weighted by molar-refractivity contribution is 14.1. The summed E-state index contributed by atoms with van der Waals surface area (Å²) in [5.41, 5.74) is 0.997. The van der Waals surface area contributed by atoms with Crippen LogP contribution < -0.4 is 5.32 Å². The summed E-state index contributed by atoms with van der Waals surface area (Å²) in [7, 11) is 0. The first-order chi connectivity index (χ1) is 6.77. The maximum absolute atomic E-state index is 11.2. The third kappa shape index (κ3) is 2.00. The number of rotatable bonds is 2.